The van der Waals surface area contributed by atoms with Crippen molar-refractivity contribution in [2.45, 2.75) is 26.8 Å². The van der Waals surface area contributed by atoms with Crippen molar-refractivity contribution in [2.75, 3.05) is 19.1 Å². The van der Waals surface area contributed by atoms with E-state index in [9.17, 15) is 4.39 Å². The average Bonchev–Trinajstić information content (AvgIpc) is 2.73. The van der Waals surface area contributed by atoms with Gasteiger partial charge in [-0.3, -0.25) is 0 Å². The molecule has 116 valence electrons. The number of imidazole rings is 1. The standard InChI is InChI=1S/C15H19Cl2FN2O/c1-10(2)9-21-6-5-20-14-7-11(17)12(18)8-13(14)19-15(20)3-4-16/h7-8,10H,3-6,9H2,1-2H3. The van der Waals surface area contributed by atoms with E-state index < -0.39 is 5.82 Å². The molecule has 2 aromatic rings. The Hall–Kier alpha value is -0.840. The van der Waals surface area contributed by atoms with Crippen LogP contribution in [0.1, 0.15) is 19.7 Å². The van der Waals surface area contributed by atoms with Crippen LogP contribution >= 0.6 is 23.2 Å². The van der Waals surface area contributed by atoms with E-state index >= 15 is 0 Å². The van der Waals surface area contributed by atoms with Crippen molar-refractivity contribution in [3.8, 4) is 0 Å². The molecule has 2 rings (SSSR count). The third kappa shape index (κ3) is 4.09. The van der Waals surface area contributed by atoms with E-state index in [4.69, 9.17) is 27.9 Å². The first kappa shape index (κ1) is 16.5. The van der Waals surface area contributed by atoms with Crippen LogP contribution in [-0.2, 0) is 17.7 Å². The van der Waals surface area contributed by atoms with Crippen molar-refractivity contribution in [2.24, 2.45) is 5.92 Å². The maximum Gasteiger partial charge on any atom is 0.144 e. The summed E-state index contributed by atoms with van der Waals surface area (Å²) in [4.78, 5) is 4.44. The lowest BCUT2D eigenvalue weighted by Gasteiger charge is -2.10. The first-order chi connectivity index (χ1) is 10.0. The van der Waals surface area contributed by atoms with Gasteiger partial charge in [-0.2, -0.15) is 0 Å². The summed E-state index contributed by atoms with van der Waals surface area (Å²) in [7, 11) is 0. The predicted molar refractivity (Wildman–Crippen MR) is 84.8 cm³/mol. The first-order valence-corrected chi connectivity index (χ1v) is 7.92. The summed E-state index contributed by atoms with van der Waals surface area (Å²) in [5.74, 6) is 1.33. The molecule has 0 N–H and O–H groups in total. The van der Waals surface area contributed by atoms with Gasteiger partial charge in [0.1, 0.15) is 11.6 Å². The van der Waals surface area contributed by atoms with Gasteiger partial charge in [0.15, 0.2) is 0 Å². The summed E-state index contributed by atoms with van der Waals surface area (Å²) < 4.78 is 21.2. The van der Waals surface area contributed by atoms with Crippen LogP contribution in [0.15, 0.2) is 12.1 Å². The molecule has 0 aliphatic rings. The molecule has 21 heavy (non-hydrogen) atoms. The fourth-order valence-electron chi connectivity index (χ4n) is 2.17. The Morgan fingerprint density at radius 1 is 1.38 bits per heavy atom. The molecule has 0 aliphatic carbocycles. The summed E-state index contributed by atoms with van der Waals surface area (Å²) in [5.41, 5.74) is 1.41. The van der Waals surface area contributed by atoms with E-state index in [0.29, 0.717) is 43.5 Å². The maximum atomic E-state index is 13.5. The number of rotatable bonds is 7. The number of ether oxygens (including phenoxy) is 1. The number of benzene rings is 1. The molecule has 0 saturated heterocycles. The van der Waals surface area contributed by atoms with Gasteiger partial charge in [-0.25, -0.2) is 9.37 Å². The third-order valence-corrected chi connectivity index (χ3v) is 3.58. The predicted octanol–water partition coefficient (Wildman–Crippen LogP) is 4.28. The van der Waals surface area contributed by atoms with Gasteiger partial charge in [0.05, 0.1) is 22.7 Å². The van der Waals surface area contributed by atoms with Crippen LogP contribution in [0, 0.1) is 11.7 Å². The molecule has 6 heteroatoms. The SMILES string of the molecule is CC(C)COCCn1c(CCCl)nc2cc(F)c(Cl)cc21. The maximum absolute atomic E-state index is 13.5. The molecule has 1 aromatic carbocycles. The number of alkyl halides is 1. The molecule has 1 heterocycles. The summed E-state index contributed by atoms with van der Waals surface area (Å²) in [6.07, 6.45) is 0.625. The lowest BCUT2D eigenvalue weighted by Crippen LogP contribution is -2.12. The lowest BCUT2D eigenvalue weighted by atomic mass is 10.2. The van der Waals surface area contributed by atoms with Crippen LogP contribution in [0.2, 0.25) is 5.02 Å². The number of aryl methyl sites for hydroxylation is 1. The summed E-state index contributed by atoms with van der Waals surface area (Å²) >= 11 is 11.7. The van der Waals surface area contributed by atoms with Crippen molar-refractivity contribution in [1.29, 1.82) is 0 Å². The molecule has 0 bridgehead atoms. The second-order valence-electron chi connectivity index (χ2n) is 5.34. The van der Waals surface area contributed by atoms with Crippen molar-refractivity contribution >= 4 is 34.2 Å². The number of hydrogen-bond acceptors (Lipinski definition) is 2. The highest BCUT2D eigenvalue weighted by molar-refractivity contribution is 6.31. The van der Waals surface area contributed by atoms with E-state index in [1.807, 2.05) is 4.57 Å². The Labute approximate surface area is 134 Å². The smallest absolute Gasteiger partial charge is 0.144 e. The van der Waals surface area contributed by atoms with Gasteiger partial charge in [0.25, 0.3) is 0 Å². The molecule has 0 radical (unpaired) electrons. The molecular formula is C15H19Cl2FN2O. The van der Waals surface area contributed by atoms with E-state index in [1.165, 1.54) is 6.07 Å². The Morgan fingerprint density at radius 2 is 2.14 bits per heavy atom. The molecule has 0 atom stereocenters. The van der Waals surface area contributed by atoms with Crippen LogP contribution in [0.25, 0.3) is 11.0 Å². The van der Waals surface area contributed by atoms with E-state index in [1.54, 1.807) is 6.07 Å². The molecule has 0 fully saturated rings. The fourth-order valence-corrected chi connectivity index (χ4v) is 2.50. The zero-order valence-corrected chi connectivity index (χ0v) is 13.7. The highest BCUT2D eigenvalue weighted by atomic mass is 35.5. The van der Waals surface area contributed by atoms with Crippen molar-refractivity contribution in [3.05, 3.63) is 28.8 Å². The highest BCUT2D eigenvalue weighted by Gasteiger charge is 2.13. The van der Waals surface area contributed by atoms with Crippen LogP contribution in [0.3, 0.4) is 0 Å². The minimum atomic E-state index is -0.456. The average molecular weight is 333 g/mol. The summed E-state index contributed by atoms with van der Waals surface area (Å²) in [5, 5.41) is 0.101. The number of nitrogens with zero attached hydrogens (tertiary/aromatic N) is 2. The molecule has 0 saturated carbocycles. The molecule has 0 unspecified atom stereocenters. The largest absolute Gasteiger partial charge is 0.379 e. The van der Waals surface area contributed by atoms with Gasteiger partial charge in [0, 0.05) is 31.5 Å². The monoisotopic (exact) mass is 332 g/mol. The van der Waals surface area contributed by atoms with E-state index in [-0.39, 0.29) is 5.02 Å². The van der Waals surface area contributed by atoms with Crippen molar-refractivity contribution < 1.29 is 9.13 Å². The van der Waals surface area contributed by atoms with Gasteiger partial charge in [-0.15, -0.1) is 11.6 Å². The van der Waals surface area contributed by atoms with Gasteiger partial charge in [-0.1, -0.05) is 25.4 Å². The van der Waals surface area contributed by atoms with Gasteiger partial charge < -0.3 is 9.30 Å². The van der Waals surface area contributed by atoms with Gasteiger partial charge >= 0.3 is 0 Å². The zero-order chi connectivity index (χ0) is 15.4. The van der Waals surface area contributed by atoms with Crippen molar-refractivity contribution in [1.82, 2.24) is 9.55 Å². The second-order valence-corrected chi connectivity index (χ2v) is 6.13. The Balaban J connectivity index is 2.25. The lowest BCUT2D eigenvalue weighted by molar-refractivity contribution is 0.103. The van der Waals surface area contributed by atoms with Crippen molar-refractivity contribution in [3.63, 3.8) is 0 Å². The summed E-state index contributed by atoms with van der Waals surface area (Å²) in [6, 6.07) is 2.97. The second kappa shape index (κ2) is 7.43. The molecule has 1 aromatic heterocycles. The fraction of sp³-hybridized carbons (Fsp3) is 0.533. The van der Waals surface area contributed by atoms with E-state index in [2.05, 4.69) is 18.8 Å². The topological polar surface area (TPSA) is 27.1 Å². The van der Waals surface area contributed by atoms with Crippen LogP contribution in [-0.4, -0.2) is 28.6 Å². The zero-order valence-electron chi connectivity index (χ0n) is 12.2. The summed E-state index contributed by atoms with van der Waals surface area (Å²) in [6.45, 7) is 6.15. The molecule has 0 amide bonds. The first-order valence-electron chi connectivity index (χ1n) is 7.00. The van der Waals surface area contributed by atoms with Crippen LogP contribution in [0.4, 0.5) is 4.39 Å². The van der Waals surface area contributed by atoms with Gasteiger partial charge in [-0.05, 0) is 12.0 Å². The Kier molecular flexibility index (Phi) is 5.85. The molecule has 0 spiro atoms. The number of aromatic nitrogens is 2. The minimum absolute atomic E-state index is 0.101. The third-order valence-electron chi connectivity index (χ3n) is 3.10. The normalized spacial score (nSPS) is 11.7. The molecule has 0 aliphatic heterocycles. The quantitative estimate of drug-likeness (QED) is 0.558. The Morgan fingerprint density at radius 3 is 2.81 bits per heavy atom. The van der Waals surface area contributed by atoms with Gasteiger partial charge in [0.2, 0.25) is 0 Å². The van der Waals surface area contributed by atoms with E-state index in [0.717, 1.165) is 11.3 Å². The number of halogens is 3. The molecule has 3 nitrogen and oxygen atoms in total. The molecular weight excluding hydrogens is 314 g/mol. The number of fused-ring (bicyclic) bond motifs is 1. The number of hydrogen-bond donors (Lipinski definition) is 0. The van der Waals surface area contributed by atoms with Crippen LogP contribution < -0.4 is 0 Å². The highest BCUT2D eigenvalue weighted by Crippen LogP contribution is 2.24. The van der Waals surface area contributed by atoms with Crippen LogP contribution in [0.5, 0.6) is 0 Å². The Bertz CT molecular complexity index is 613. The minimum Gasteiger partial charge on any atom is -0.379 e.